The van der Waals surface area contributed by atoms with Gasteiger partial charge in [0, 0.05) is 13.0 Å². The zero-order valence-electron chi connectivity index (χ0n) is 9.85. The van der Waals surface area contributed by atoms with E-state index in [1.54, 1.807) is 0 Å². The summed E-state index contributed by atoms with van der Waals surface area (Å²) in [6.45, 7) is 1.09. The molecule has 108 valence electrons. The molecule has 1 aliphatic heterocycles. The van der Waals surface area contributed by atoms with E-state index in [1.807, 2.05) is 0 Å². The van der Waals surface area contributed by atoms with Crippen molar-refractivity contribution in [1.29, 1.82) is 0 Å². The van der Waals surface area contributed by atoms with Gasteiger partial charge in [0.15, 0.2) is 11.5 Å². The molecule has 0 fully saturated rings. The summed E-state index contributed by atoms with van der Waals surface area (Å²) >= 11 is 0. The fourth-order valence-electron chi connectivity index (χ4n) is 1.53. The van der Waals surface area contributed by atoms with E-state index in [0.29, 0.717) is 6.07 Å². The number of nitrogens with zero attached hydrogens (tertiary/aromatic N) is 1. The molecule has 0 spiro atoms. The number of rotatable bonds is 2. The average molecular weight is 292 g/mol. The smallest absolute Gasteiger partial charge is 0.447 e. The minimum absolute atomic E-state index is 0.317. The lowest BCUT2D eigenvalue weighted by molar-refractivity contribution is -0.384. The molecule has 1 amide bonds. The summed E-state index contributed by atoms with van der Waals surface area (Å²) in [4.78, 5) is 20.8. The molecule has 7 nitrogen and oxygen atoms in total. The maximum Gasteiger partial charge on any atom is 0.468 e. The van der Waals surface area contributed by atoms with Crippen molar-refractivity contribution >= 4 is 17.3 Å². The molecular formula is C10H7F3N2O5. The first-order chi connectivity index (χ1) is 9.20. The predicted octanol–water partition coefficient (Wildman–Crippen LogP) is 2.21. The topological polar surface area (TPSA) is 90.7 Å². The Morgan fingerprint density at radius 1 is 1.45 bits per heavy atom. The van der Waals surface area contributed by atoms with Crippen LogP contribution in [0.1, 0.15) is 6.92 Å². The van der Waals surface area contributed by atoms with Gasteiger partial charge in [0.1, 0.15) is 5.69 Å². The van der Waals surface area contributed by atoms with Gasteiger partial charge in [-0.2, -0.15) is 13.2 Å². The highest BCUT2D eigenvalue weighted by Crippen LogP contribution is 2.45. The third-order valence-corrected chi connectivity index (χ3v) is 2.31. The van der Waals surface area contributed by atoms with Gasteiger partial charge in [-0.05, 0) is 0 Å². The summed E-state index contributed by atoms with van der Waals surface area (Å²) < 4.78 is 47.2. The molecule has 0 saturated carbocycles. The number of carbonyl (C=O) groups is 1. The van der Waals surface area contributed by atoms with Crippen LogP contribution in [0.15, 0.2) is 12.1 Å². The number of anilines is 1. The molecule has 1 N–H and O–H groups in total. The number of fused-ring (bicyclic) bond motifs is 1. The highest BCUT2D eigenvalue weighted by atomic mass is 19.3. The number of ether oxygens (including phenoxy) is 2. The number of halogens is 3. The Morgan fingerprint density at radius 3 is 2.65 bits per heavy atom. The van der Waals surface area contributed by atoms with Crippen LogP contribution in [-0.4, -0.2) is 23.3 Å². The summed E-state index contributed by atoms with van der Waals surface area (Å²) in [5, 5.41) is 12.9. The Hall–Kier alpha value is -2.52. The van der Waals surface area contributed by atoms with E-state index in [9.17, 15) is 28.1 Å². The lowest BCUT2D eigenvalue weighted by atomic mass is 10.2. The molecule has 0 saturated heterocycles. The van der Waals surface area contributed by atoms with Crippen molar-refractivity contribution in [2.24, 2.45) is 0 Å². The minimum atomic E-state index is -4.25. The van der Waals surface area contributed by atoms with Gasteiger partial charge in [-0.3, -0.25) is 14.9 Å². The van der Waals surface area contributed by atoms with Crippen LogP contribution in [0.5, 0.6) is 11.5 Å². The molecule has 1 aliphatic rings. The first-order valence-electron chi connectivity index (χ1n) is 5.18. The quantitative estimate of drug-likeness (QED) is 0.666. The maximum atomic E-state index is 13.0. The van der Waals surface area contributed by atoms with Crippen molar-refractivity contribution in [3.05, 3.63) is 22.2 Å². The molecule has 0 aromatic heterocycles. The Labute approximate surface area is 109 Å². The van der Waals surface area contributed by atoms with E-state index in [4.69, 9.17) is 0 Å². The number of amides is 1. The molecule has 0 radical (unpaired) electrons. The standard InChI is InChI=1S/C10H7F3N2O5/c1-4(16)14-5-2-7-8(3-6(5)15(17)18)20-10(12,13)9(11)19-7/h2-3,9H,1H3,(H,14,16). The van der Waals surface area contributed by atoms with Crippen molar-refractivity contribution in [3.63, 3.8) is 0 Å². The van der Waals surface area contributed by atoms with E-state index < -0.39 is 40.5 Å². The van der Waals surface area contributed by atoms with Gasteiger partial charge in [0.05, 0.1) is 11.0 Å². The van der Waals surface area contributed by atoms with Crippen LogP contribution in [0.3, 0.4) is 0 Å². The molecule has 0 bridgehead atoms. The molecule has 10 heteroatoms. The van der Waals surface area contributed by atoms with Gasteiger partial charge < -0.3 is 14.8 Å². The normalized spacial score (nSPS) is 19.3. The lowest BCUT2D eigenvalue weighted by Crippen LogP contribution is -2.43. The number of nitro benzene ring substituents is 1. The highest BCUT2D eigenvalue weighted by molar-refractivity contribution is 5.92. The summed E-state index contributed by atoms with van der Waals surface area (Å²) in [5.41, 5.74) is -1.00. The third-order valence-electron chi connectivity index (χ3n) is 2.31. The number of hydrogen-bond acceptors (Lipinski definition) is 5. The second-order valence-electron chi connectivity index (χ2n) is 3.85. The minimum Gasteiger partial charge on any atom is -0.447 e. The molecular weight excluding hydrogens is 285 g/mol. The van der Waals surface area contributed by atoms with Crippen LogP contribution in [0.4, 0.5) is 24.5 Å². The molecule has 1 aromatic rings. The van der Waals surface area contributed by atoms with Crippen LogP contribution < -0.4 is 14.8 Å². The van der Waals surface area contributed by atoms with Crippen molar-refractivity contribution in [3.8, 4) is 11.5 Å². The molecule has 2 rings (SSSR count). The maximum absolute atomic E-state index is 13.0. The number of alkyl halides is 3. The van der Waals surface area contributed by atoms with Crippen molar-refractivity contribution in [2.75, 3.05) is 5.32 Å². The Bertz CT molecular complexity index is 593. The van der Waals surface area contributed by atoms with Crippen molar-refractivity contribution in [2.45, 2.75) is 19.4 Å². The lowest BCUT2D eigenvalue weighted by Gasteiger charge is -2.28. The summed E-state index contributed by atoms with van der Waals surface area (Å²) in [6.07, 6.45) is -7.31. The Kier molecular flexibility index (Phi) is 3.16. The van der Waals surface area contributed by atoms with E-state index in [1.165, 1.54) is 0 Å². The van der Waals surface area contributed by atoms with Gasteiger partial charge in [0.2, 0.25) is 5.91 Å². The van der Waals surface area contributed by atoms with E-state index >= 15 is 0 Å². The number of nitro groups is 1. The molecule has 1 heterocycles. The van der Waals surface area contributed by atoms with Crippen molar-refractivity contribution in [1.82, 2.24) is 0 Å². The van der Waals surface area contributed by atoms with Gasteiger partial charge in [-0.15, -0.1) is 0 Å². The molecule has 1 unspecified atom stereocenters. The van der Waals surface area contributed by atoms with E-state index in [2.05, 4.69) is 14.8 Å². The second kappa shape index (κ2) is 4.54. The van der Waals surface area contributed by atoms with Gasteiger partial charge in [-0.1, -0.05) is 0 Å². The van der Waals surface area contributed by atoms with Crippen LogP contribution in [0.2, 0.25) is 0 Å². The van der Waals surface area contributed by atoms with Crippen LogP contribution in [0.25, 0.3) is 0 Å². The SMILES string of the molecule is CC(=O)Nc1cc2c(cc1[N+](=O)[O-])OC(F)(F)C(F)O2. The molecule has 1 atom stereocenters. The average Bonchev–Trinajstić information content (AvgIpc) is 2.29. The van der Waals surface area contributed by atoms with Crippen LogP contribution in [-0.2, 0) is 4.79 Å². The zero-order chi connectivity index (χ0) is 15.1. The van der Waals surface area contributed by atoms with Gasteiger partial charge in [-0.25, -0.2) is 0 Å². The third kappa shape index (κ3) is 2.44. The highest BCUT2D eigenvalue weighted by Gasteiger charge is 2.50. The number of carbonyl (C=O) groups excluding carboxylic acids is 1. The Morgan fingerprint density at radius 2 is 2.10 bits per heavy atom. The van der Waals surface area contributed by atoms with Gasteiger partial charge >= 0.3 is 12.5 Å². The number of hydrogen-bond donors (Lipinski definition) is 1. The van der Waals surface area contributed by atoms with Crippen LogP contribution in [0, 0.1) is 10.1 Å². The van der Waals surface area contributed by atoms with Gasteiger partial charge in [0.25, 0.3) is 5.69 Å². The van der Waals surface area contributed by atoms with E-state index in [-0.39, 0.29) is 5.69 Å². The molecule has 20 heavy (non-hydrogen) atoms. The number of nitrogens with one attached hydrogen (secondary N) is 1. The summed E-state index contributed by atoms with van der Waals surface area (Å²) in [6, 6.07) is 1.47. The predicted molar refractivity (Wildman–Crippen MR) is 58.5 cm³/mol. The number of benzene rings is 1. The van der Waals surface area contributed by atoms with Crippen molar-refractivity contribution < 1.29 is 32.4 Å². The molecule has 1 aromatic carbocycles. The first-order valence-corrected chi connectivity index (χ1v) is 5.18. The monoisotopic (exact) mass is 292 g/mol. The van der Waals surface area contributed by atoms with E-state index in [0.717, 1.165) is 13.0 Å². The zero-order valence-corrected chi connectivity index (χ0v) is 9.85. The summed E-state index contributed by atoms with van der Waals surface area (Å²) in [7, 11) is 0. The van der Waals surface area contributed by atoms with Crippen LogP contribution >= 0.6 is 0 Å². The molecule has 0 aliphatic carbocycles. The summed E-state index contributed by atoms with van der Waals surface area (Å²) in [5.74, 6) is -1.80. The Balaban J connectivity index is 2.51. The fourth-order valence-corrected chi connectivity index (χ4v) is 1.53. The fraction of sp³-hybridized carbons (Fsp3) is 0.300. The second-order valence-corrected chi connectivity index (χ2v) is 3.85. The largest absolute Gasteiger partial charge is 0.468 e. The first kappa shape index (κ1) is 13.9.